The Morgan fingerprint density at radius 3 is 2.11 bits per heavy atom. The van der Waals surface area contributed by atoms with Gasteiger partial charge < -0.3 is 10.2 Å². The Labute approximate surface area is 116 Å². The summed E-state index contributed by atoms with van der Waals surface area (Å²) in [5, 5.41) is 2.80. The Kier molecular flexibility index (Phi) is 4.33. The van der Waals surface area contributed by atoms with Gasteiger partial charge in [-0.1, -0.05) is 27.7 Å². The molecule has 0 aliphatic carbocycles. The second-order valence-corrected chi connectivity index (χ2v) is 7.40. The first-order chi connectivity index (χ1) is 8.49. The van der Waals surface area contributed by atoms with Crippen LogP contribution in [0.1, 0.15) is 61.3 Å². The third kappa shape index (κ3) is 3.48. The number of nitrogens with zero attached hydrogens (tertiary/aromatic N) is 1. The Bertz CT molecular complexity index is 369. The number of carbonyl (C=O) groups is 2. The fourth-order valence-electron chi connectivity index (χ4n) is 3.31. The number of hydrogen-bond acceptors (Lipinski definition) is 2. The lowest BCUT2D eigenvalue weighted by Crippen LogP contribution is -2.67. The summed E-state index contributed by atoms with van der Waals surface area (Å²) in [4.78, 5) is 26.4. The van der Waals surface area contributed by atoms with Crippen LogP contribution < -0.4 is 5.32 Å². The van der Waals surface area contributed by atoms with E-state index in [-0.39, 0.29) is 28.8 Å². The molecule has 1 rings (SSSR count). The lowest BCUT2D eigenvalue weighted by Gasteiger charge is -2.48. The topological polar surface area (TPSA) is 49.4 Å². The molecule has 1 aliphatic rings. The molecule has 0 spiro atoms. The second kappa shape index (κ2) is 5.14. The molecule has 19 heavy (non-hydrogen) atoms. The smallest absolute Gasteiger partial charge is 0.246 e. The molecule has 2 unspecified atom stereocenters. The van der Waals surface area contributed by atoms with Crippen LogP contribution in [0.3, 0.4) is 0 Å². The van der Waals surface area contributed by atoms with Gasteiger partial charge in [-0.05, 0) is 39.0 Å². The molecule has 0 radical (unpaired) electrons. The van der Waals surface area contributed by atoms with Crippen LogP contribution in [0.5, 0.6) is 0 Å². The minimum atomic E-state index is -0.396. The fraction of sp³-hybridized carbons (Fsp3) is 0.867. The Balaban J connectivity index is 3.06. The first-order valence-electron chi connectivity index (χ1n) is 7.13. The molecular formula is C15H28N2O2. The maximum absolute atomic E-state index is 12.6. The Hall–Kier alpha value is -1.06. The van der Waals surface area contributed by atoms with Gasteiger partial charge in [0.15, 0.2) is 0 Å². The molecule has 1 saturated heterocycles. The maximum atomic E-state index is 12.6. The van der Waals surface area contributed by atoms with Gasteiger partial charge >= 0.3 is 0 Å². The van der Waals surface area contributed by atoms with E-state index in [2.05, 4.69) is 39.9 Å². The number of carbonyl (C=O) groups excluding carboxylic acids is 2. The van der Waals surface area contributed by atoms with E-state index in [0.29, 0.717) is 6.42 Å². The van der Waals surface area contributed by atoms with Crippen LogP contribution in [-0.4, -0.2) is 34.3 Å². The van der Waals surface area contributed by atoms with E-state index in [0.717, 1.165) is 6.42 Å². The standard InChI is InChI=1S/C15H28N2O2/c1-8-11-13(19)17(10(2)12(18)16-11)15(6,7)9-14(3,4)5/h10-11H,8-9H2,1-7H3,(H,16,18). The number of hydrogen-bond donors (Lipinski definition) is 1. The van der Waals surface area contributed by atoms with Crippen molar-refractivity contribution < 1.29 is 9.59 Å². The summed E-state index contributed by atoms with van der Waals surface area (Å²) >= 11 is 0. The maximum Gasteiger partial charge on any atom is 0.246 e. The molecule has 1 aliphatic heterocycles. The summed E-state index contributed by atoms with van der Waals surface area (Å²) < 4.78 is 0. The van der Waals surface area contributed by atoms with Crippen LogP contribution >= 0.6 is 0 Å². The normalized spacial score (nSPS) is 25.5. The van der Waals surface area contributed by atoms with Gasteiger partial charge in [0.05, 0.1) is 0 Å². The highest BCUT2D eigenvalue weighted by atomic mass is 16.2. The van der Waals surface area contributed by atoms with Crippen LogP contribution in [0.2, 0.25) is 0 Å². The first kappa shape index (κ1) is 16.0. The third-order valence-corrected chi connectivity index (χ3v) is 3.64. The van der Waals surface area contributed by atoms with Crippen LogP contribution in [0, 0.1) is 5.41 Å². The molecule has 0 aromatic heterocycles. The Morgan fingerprint density at radius 1 is 1.16 bits per heavy atom. The van der Waals surface area contributed by atoms with Crippen molar-refractivity contribution in [2.24, 2.45) is 5.41 Å². The van der Waals surface area contributed by atoms with Crippen molar-refractivity contribution >= 4 is 11.8 Å². The summed E-state index contributed by atoms with van der Waals surface area (Å²) in [5.74, 6) is -0.00251. The molecular weight excluding hydrogens is 240 g/mol. The third-order valence-electron chi connectivity index (χ3n) is 3.64. The van der Waals surface area contributed by atoms with Gasteiger partial charge in [-0.2, -0.15) is 0 Å². The minimum Gasteiger partial charge on any atom is -0.343 e. The van der Waals surface area contributed by atoms with Crippen molar-refractivity contribution in [3.8, 4) is 0 Å². The van der Waals surface area contributed by atoms with Gasteiger partial charge in [0, 0.05) is 5.54 Å². The lowest BCUT2D eigenvalue weighted by molar-refractivity contribution is -0.156. The summed E-state index contributed by atoms with van der Waals surface area (Å²) in [6.45, 7) is 14.3. The van der Waals surface area contributed by atoms with Crippen molar-refractivity contribution in [1.29, 1.82) is 0 Å². The molecule has 2 amide bonds. The second-order valence-electron chi connectivity index (χ2n) is 7.40. The van der Waals surface area contributed by atoms with Crippen LogP contribution in [0.4, 0.5) is 0 Å². The number of piperazine rings is 1. The highest BCUT2D eigenvalue weighted by Gasteiger charge is 2.45. The van der Waals surface area contributed by atoms with E-state index in [1.807, 2.05) is 13.8 Å². The zero-order valence-corrected chi connectivity index (χ0v) is 13.3. The summed E-state index contributed by atoms with van der Waals surface area (Å²) in [6, 6.07) is -0.768. The molecule has 1 N–H and O–H groups in total. The summed E-state index contributed by atoms with van der Waals surface area (Å²) in [7, 11) is 0. The van der Waals surface area contributed by atoms with Crippen LogP contribution in [0.25, 0.3) is 0 Å². The molecule has 0 aromatic rings. The van der Waals surface area contributed by atoms with E-state index in [9.17, 15) is 9.59 Å². The van der Waals surface area contributed by atoms with Gasteiger partial charge in [-0.3, -0.25) is 9.59 Å². The van der Waals surface area contributed by atoms with Crippen LogP contribution in [0.15, 0.2) is 0 Å². The van der Waals surface area contributed by atoms with Gasteiger partial charge in [0.25, 0.3) is 0 Å². The predicted octanol–water partition coefficient (Wildman–Crippen LogP) is 2.33. The molecule has 0 aromatic carbocycles. The monoisotopic (exact) mass is 268 g/mol. The van der Waals surface area contributed by atoms with E-state index in [1.54, 1.807) is 4.90 Å². The average molecular weight is 268 g/mol. The summed E-state index contributed by atoms with van der Waals surface area (Å²) in [6.07, 6.45) is 1.50. The molecule has 4 heteroatoms. The van der Waals surface area contributed by atoms with Gasteiger partial charge in [-0.25, -0.2) is 0 Å². The molecule has 0 bridgehead atoms. The highest BCUT2D eigenvalue weighted by Crippen LogP contribution is 2.34. The predicted molar refractivity (Wildman–Crippen MR) is 76.7 cm³/mol. The van der Waals surface area contributed by atoms with E-state index >= 15 is 0 Å². The summed E-state index contributed by atoms with van der Waals surface area (Å²) in [5.41, 5.74) is -0.209. The van der Waals surface area contributed by atoms with Gasteiger partial charge in [-0.15, -0.1) is 0 Å². The SMILES string of the molecule is CCC1NC(=O)C(C)N(C(C)(C)CC(C)(C)C)C1=O. The lowest BCUT2D eigenvalue weighted by atomic mass is 9.79. The molecule has 2 atom stereocenters. The van der Waals surface area contributed by atoms with E-state index in [4.69, 9.17) is 0 Å². The van der Waals surface area contributed by atoms with Crippen molar-refractivity contribution in [2.45, 2.75) is 78.9 Å². The van der Waals surface area contributed by atoms with Crippen molar-refractivity contribution in [2.75, 3.05) is 0 Å². The quantitative estimate of drug-likeness (QED) is 0.854. The Morgan fingerprint density at radius 2 is 1.68 bits per heavy atom. The molecule has 0 saturated carbocycles. The number of nitrogens with one attached hydrogen (secondary N) is 1. The minimum absolute atomic E-state index is 0.0452. The molecule has 4 nitrogen and oxygen atoms in total. The average Bonchev–Trinajstić information content (AvgIpc) is 2.19. The van der Waals surface area contributed by atoms with Gasteiger partial charge in [0.2, 0.25) is 11.8 Å². The number of amides is 2. The van der Waals surface area contributed by atoms with Crippen LogP contribution in [-0.2, 0) is 9.59 Å². The molecule has 1 heterocycles. The van der Waals surface area contributed by atoms with Gasteiger partial charge in [0.1, 0.15) is 12.1 Å². The largest absolute Gasteiger partial charge is 0.343 e. The fourth-order valence-corrected chi connectivity index (χ4v) is 3.31. The van der Waals surface area contributed by atoms with Crippen molar-refractivity contribution in [3.63, 3.8) is 0 Å². The molecule has 110 valence electrons. The van der Waals surface area contributed by atoms with E-state index in [1.165, 1.54) is 0 Å². The van der Waals surface area contributed by atoms with E-state index < -0.39 is 6.04 Å². The first-order valence-corrected chi connectivity index (χ1v) is 7.13. The zero-order chi connectivity index (χ0) is 15.0. The van der Waals surface area contributed by atoms with Crippen molar-refractivity contribution in [1.82, 2.24) is 10.2 Å². The van der Waals surface area contributed by atoms with Crippen molar-refractivity contribution in [3.05, 3.63) is 0 Å². The zero-order valence-electron chi connectivity index (χ0n) is 13.3. The number of rotatable bonds is 3. The molecule has 1 fully saturated rings. The highest BCUT2D eigenvalue weighted by molar-refractivity contribution is 5.97.